The number of carbonyl (C=O) groups excluding carboxylic acids is 1. The van der Waals surface area contributed by atoms with Gasteiger partial charge in [0.2, 0.25) is 0 Å². The molecule has 4 rings (SSSR count). The molecule has 1 saturated carbocycles. The minimum Gasteiger partial charge on any atom is -0.364 e. The molecular weight excluding hydrogens is 329 g/mol. The molecule has 1 fully saturated rings. The first-order chi connectivity index (χ1) is 11.5. The molecule has 0 atom stereocenters. The van der Waals surface area contributed by atoms with E-state index in [2.05, 4.69) is 4.98 Å². The molecular formula is C18H15ClFN3O. The van der Waals surface area contributed by atoms with Gasteiger partial charge in [-0.25, -0.2) is 9.37 Å². The van der Waals surface area contributed by atoms with Gasteiger partial charge >= 0.3 is 0 Å². The molecule has 1 amide bonds. The van der Waals surface area contributed by atoms with Crippen molar-refractivity contribution in [2.45, 2.75) is 19.4 Å². The highest BCUT2D eigenvalue weighted by Crippen LogP contribution is 2.36. The summed E-state index contributed by atoms with van der Waals surface area (Å²) >= 11 is 5.78. The fraction of sp³-hybridized carbons (Fsp3) is 0.222. The Balaban J connectivity index is 1.91. The fourth-order valence-corrected chi connectivity index (χ4v) is 3.03. The number of nitrogens with two attached hydrogens (primary N) is 1. The van der Waals surface area contributed by atoms with Crippen LogP contribution in [0.25, 0.3) is 22.2 Å². The predicted octanol–water partition coefficient (Wildman–Crippen LogP) is 4.00. The van der Waals surface area contributed by atoms with Gasteiger partial charge in [0.1, 0.15) is 17.2 Å². The number of benzene rings is 1. The minimum atomic E-state index is -0.560. The molecule has 4 nitrogen and oxygen atoms in total. The Hall–Kier alpha value is -2.40. The molecule has 0 aliphatic heterocycles. The third kappa shape index (κ3) is 2.65. The van der Waals surface area contributed by atoms with Crippen LogP contribution in [0.2, 0.25) is 5.02 Å². The molecule has 0 bridgehead atoms. The van der Waals surface area contributed by atoms with E-state index in [0.29, 0.717) is 11.6 Å². The van der Waals surface area contributed by atoms with Crippen molar-refractivity contribution in [1.29, 1.82) is 0 Å². The molecule has 0 radical (unpaired) electrons. The van der Waals surface area contributed by atoms with E-state index < -0.39 is 11.7 Å². The van der Waals surface area contributed by atoms with Crippen molar-refractivity contribution >= 4 is 28.5 Å². The van der Waals surface area contributed by atoms with Crippen molar-refractivity contribution < 1.29 is 9.18 Å². The first-order valence-electron chi connectivity index (χ1n) is 7.78. The van der Waals surface area contributed by atoms with Crippen molar-refractivity contribution in [2.75, 3.05) is 0 Å². The van der Waals surface area contributed by atoms with Crippen LogP contribution in [-0.4, -0.2) is 15.5 Å². The van der Waals surface area contributed by atoms with E-state index in [1.165, 1.54) is 18.9 Å². The summed E-state index contributed by atoms with van der Waals surface area (Å²) in [7, 11) is 0. The van der Waals surface area contributed by atoms with Crippen molar-refractivity contribution in [3.05, 3.63) is 53.1 Å². The normalized spacial score (nSPS) is 14.2. The topological polar surface area (TPSA) is 60.9 Å². The number of hydrogen-bond acceptors (Lipinski definition) is 2. The van der Waals surface area contributed by atoms with E-state index in [9.17, 15) is 9.18 Å². The van der Waals surface area contributed by atoms with Gasteiger partial charge in [-0.05, 0) is 48.6 Å². The van der Waals surface area contributed by atoms with Gasteiger partial charge in [0.25, 0.3) is 5.91 Å². The number of halogens is 2. The van der Waals surface area contributed by atoms with E-state index in [-0.39, 0.29) is 10.7 Å². The van der Waals surface area contributed by atoms with Crippen LogP contribution in [0.15, 0.2) is 36.5 Å². The first kappa shape index (κ1) is 15.1. The van der Waals surface area contributed by atoms with Crippen LogP contribution in [0.3, 0.4) is 0 Å². The summed E-state index contributed by atoms with van der Waals surface area (Å²) in [5, 5.41) is 0.956. The number of fused-ring (bicyclic) bond motifs is 1. The van der Waals surface area contributed by atoms with Crippen molar-refractivity contribution in [2.24, 2.45) is 11.7 Å². The highest BCUT2D eigenvalue weighted by molar-refractivity contribution is 6.30. The Labute approximate surface area is 143 Å². The van der Waals surface area contributed by atoms with Gasteiger partial charge < -0.3 is 10.3 Å². The number of aromatic nitrogens is 2. The van der Waals surface area contributed by atoms with Crippen LogP contribution >= 0.6 is 11.6 Å². The molecule has 0 spiro atoms. The highest BCUT2D eigenvalue weighted by Gasteiger charge is 2.24. The number of hydrogen-bond donors (Lipinski definition) is 1. The molecule has 1 aliphatic rings. The monoisotopic (exact) mass is 343 g/mol. The van der Waals surface area contributed by atoms with Gasteiger partial charge in [-0.3, -0.25) is 4.79 Å². The molecule has 2 heterocycles. The molecule has 6 heteroatoms. The number of primary amides is 1. The highest BCUT2D eigenvalue weighted by atomic mass is 35.5. The van der Waals surface area contributed by atoms with Crippen LogP contribution < -0.4 is 5.73 Å². The molecule has 2 N–H and O–H groups in total. The zero-order valence-corrected chi connectivity index (χ0v) is 13.6. The van der Waals surface area contributed by atoms with Crippen LogP contribution in [0.1, 0.15) is 23.3 Å². The lowest BCUT2D eigenvalue weighted by atomic mass is 10.1. The van der Waals surface area contributed by atoms with Gasteiger partial charge in [-0.1, -0.05) is 17.7 Å². The van der Waals surface area contributed by atoms with Crippen molar-refractivity contribution in [3.63, 3.8) is 0 Å². The predicted molar refractivity (Wildman–Crippen MR) is 91.4 cm³/mol. The molecule has 122 valence electrons. The average molecular weight is 344 g/mol. The largest absolute Gasteiger partial charge is 0.364 e. The minimum absolute atomic E-state index is 0.0922. The van der Waals surface area contributed by atoms with Gasteiger partial charge in [-0.2, -0.15) is 0 Å². The van der Waals surface area contributed by atoms with E-state index in [1.54, 1.807) is 18.2 Å². The molecule has 2 aromatic heterocycles. The Morgan fingerprint density at radius 1 is 1.33 bits per heavy atom. The summed E-state index contributed by atoms with van der Waals surface area (Å²) in [6, 6.07) is 8.15. The summed E-state index contributed by atoms with van der Waals surface area (Å²) in [4.78, 5) is 15.8. The second-order valence-corrected chi connectivity index (χ2v) is 6.61. The van der Waals surface area contributed by atoms with Crippen LogP contribution in [0.4, 0.5) is 4.39 Å². The zero-order valence-electron chi connectivity index (χ0n) is 12.8. The van der Waals surface area contributed by atoms with E-state index in [4.69, 9.17) is 17.3 Å². The van der Waals surface area contributed by atoms with Crippen molar-refractivity contribution in [1.82, 2.24) is 9.55 Å². The average Bonchev–Trinajstić information content (AvgIpc) is 3.30. The Morgan fingerprint density at radius 3 is 2.79 bits per heavy atom. The fourth-order valence-electron chi connectivity index (χ4n) is 2.91. The standard InChI is InChI=1S/C18H15ClFN3O/c19-14-5-3-11(7-15(14)20)13-9-23(8-10-1-2-10)18-12(13)4-6-16(22-18)17(21)24/h3-7,9-10H,1-2,8H2,(H2,21,24). The molecule has 24 heavy (non-hydrogen) atoms. The van der Waals surface area contributed by atoms with Crippen molar-refractivity contribution in [3.8, 4) is 11.1 Å². The summed E-state index contributed by atoms with van der Waals surface area (Å²) < 4.78 is 15.9. The summed E-state index contributed by atoms with van der Waals surface area (Å²) in [5.41, 5.74) is 7.87. The third-order valence-electron chi connectivity index (χ3n) is 4.36. The van der Waals surface area contributed by atoms with Gasteiger partial charge in [0, 0.05) is 23.7 Å². The van der Waals surface area contributed by atoms with Gasteiger partial charge in [0.05, 0.1) is 5.02 Å². The maximum absolute atomic E-state index is 13.8. The molecule has 0 unspecified atom stereocenters. The number of carbonyl (C=O) groups is 1. The van der Waals surface area contributed by atoms with Crippen LogP contribution in [0.5, 0.6) is 0 Å². The maximum atomic E-state index is 13.8. The quantitative estimate of drug-likeness (QED) is 0.778. The Kier molecular flexibility index (Phi) is 3.53. The summed E-state index contributed by atoms with van der Waals surface area (Å²) in [6.45, 7) is 0.835. The zero-order chi connectivity index (χ0) is 16.8. The van der Waals surface area contributed by atoms with Crippen LogP contribution in [0, 0.1) is 11.7 Å². The maximum Gasteiger partial charge on any atom is 0.267 e. The molecule has 1 aromatic carbocycles. The second kappa shape index (κ2) is 5.60. The van der Waals surface area contributed by atoms with E-state index >= 15 is 0 Å². The van der Waals surface area contributed by atoms with Gasteiger partial charge in [0.15, 0.2) is 0 Å². The number of amides is 1. The number of pyridine rings is 1. The second-order valence-electron chi connectivity index (χ2n) is 6.20. The molecule has 3 aromatic rings. The number of rotatable bonds is 4. The van der Waals surface area contributed by atoms with E-state index in [1.807, 2.05) is 16.8 Å². The first-order valence-corrected chi connectivity index (χ1v) is 8.16. The molecule has 1 aliphatic carbocycles. The third-order valence-corrected chi connectivity index (χ3v) is 4.66. The Morgan fingerprint density at radius 2 is 2.12 bits per heavy atom. The van der Waals surface area contributed by atoms with Crippen LogP contribution in [-0.2, 0) is 6.54 Å². The lowest BCUT2D eigenvalue weighted by Crippen LogP contribution is -2.13. The molecule has 0 saturated heterocycles. The van der Waals surface area contributed by atoms with Gasteiger partial charge in [-0.15, -0.1) is 0 Å². The smallest absolute Gasteiger partial charge is 0.267 e. The Bertz CT molecular complexity index is 962. The lowest BCUT2D eigenvalue weighted by Gasteiger charge is -2.03. The van der Waals surface area contributed by atoms with E-state index in [0.717, 1.165) is 23.1 Å². The SMILES string of the molecule is NC(=O)c1ccc2c(-c3ccc(Cl)c(F)c3)cn(CC3CC3)c2n1. The number of nitrogens with zero attached hydrogens (tertiary/aromatic N) is 2. The summed E-state index contributed by atoms with van der Waals surface area (Å²) in [6.07, 6.45) is 4.35. The lowest BCUT2D eigenvalue weighted by molar-refractivity contribution is 0.0996. The summed E-state index contributed by atoms with van der Waals surface area (Å²) in [5.74, 6) is -0.386.